The second-order valence-corrected chi connectivity index (χ2v) is 3.68. The molecule has 1 rings (SSSR count). The maximum absolute atomic E-state index is 12.6. The summed E-state index contributed by atoms with van der Waals surface area (Å²) < 4.78 is 29.8. The van der Waals surface area contributed by atoms with Crippen LogP contribution in [0.5, 0.6) is 0 Å². The van der Waals surface area contributed by atoms with Crippen molar-refractivity contribution < 1.29 is 18.3 Å². The molecule has 0 aliphatic rings. The lowest BCUT2D eigenvalue weighted by Gasteiger charge is -2.07. The van der Waals surface area contributed by atoms with E-state index in [1.165, 1.54) is 6.07 Å². The van der Waals surface area contributed by atoms with E-state index in [2.05, 4.69) is 20.7 Å². The van der Waals surface area contributed by atoms with Crippen LogP contribution in [0.4, 0.5) is 8.78 Å². The molecule has 84 valence electrons. The van der Waals surface area contributed by atoms with Crippen molar-refractivity contribution in [3.8, 4) is 6.07 Å². The van der Waals surface area contributed by atoms with Crippen molar-refractivity contribution in [1.29, 1.82) is 5.26 Å². The molecule has 0 radical (unpaired) electrons. The third-order valence-corrected chi connectivity index (χ3v) is 2.56. The number of nitrogens with zero attached hydrogens (tertiary/aromatic N) is 1. The third kappa shape index (κ3) is 2.36. The molecule has 0 amide bonds. The fourth-order valence-corrected chi connectivity index (χ4v) is 1.64. The fourth-order valence-electron chi connectivity index (χ4n) is 1.13. The van der Waals surface area contributed by atoms with Gasteiger partial charge < -0.3 is 4.74 Å². The average molecular weight is 290 g/mol. The number of hydrogen-bond acceptors (Lipinski definition) is 3. The van der Waals surface area contributed by atoms with Crippen molar-refractivity contribution in [2.24, 2.45) is 0 Å². The Morgan fingerprint density at radius 1 is 1.56 bits per heavy atom. The Balaban J connectivity index is 3.40. The van der Waals surface area contributed by atoms with Crippen LogP contribution in [0, 0.1) is 11.3 Å². The molecule has 0 bridgehead atoms. The van der Waals surface area contributed by atoms with E-state index < -0.39 is 18.0 Å². The predicted octanol–water partition coefficient (Wildman–Crippen LogP) is 3.04. The van der Waals surface area contributed by atoms with Gasteiger partial charge in [0.05, 0.1) is 24.3 Å². The summed E-state index contributed by atoms with van der Waals surface area (Å²) in [6.45, 7) is 0. The van der Waals surface area contributed by atoms with Gasteiger partial charge in [0, 0.05) is 10.0 Å². The van der Waals surface area contributed by atoms with Gasteiger partial charge in [-0.2, -0.15) is 5.26 Å². The molecule has 0 N–H and O–H groups in total. The fraction of sp³-hybridized carbons (Fsp3) is 0.200. The standard InChI is InChI=1S/C10H6BrF2NO2/c1-16-10(15)7-3-6(9(12)13)5(4-14)2-8(7)11/h2-3,9H,1H3. The molecule has 0 saturated carbocycles. The summed E-state index contributed by atoms with van der Waals surface area (Å²) in [5.41, 5.74) is -0.683. The number of hydrogen-bond donors (Lipinski definition) is 0. The van der Waals surface area contributed by atoms with Crippen molar-refractivity contribution in [2.45, 2.75) is 6.43 Å². The molecule has 0 fully saturated rings. The Bertz CT molecular complexity index is 469. The number of nitriles is 1. The summed E-state index contributed by atoms with van der Waals surface area (Å²) in [6, 6.07) is 3.77. The summed E-state index contributed by atoms with van der Waals surface area (Å²) in [5, 5.41) is 8.66. The molecule has 1 aromatic rings. The van der Waals surface area contributed by atoms with E-state index >= 15 is 0 Å². The Morgan fingerprint density at radius 2 is 2.19 bits per heavy atom. The zero-order chi connectivity index (χ0) is 12.3. The van der Waals surface area contributed by atoms with E-state index in [0.29, 0.717) is 0 Å². The number of esters is 1. The first kappa shape index (κ1) is 12.6. The summed E-state index contributed by atoms with van der Waals surface area (Å²) in [7, 11) is 1.15. The number of carbonyl (C=O) groups excluding carboxylic acids is 1. The second-order valence-electron chi connectivity index (χ2n) is 2.82. The van der Waals surface area contributed by atoms with Gasteiger partial charge in [-0.3, -0.25) is 0 Å². The number of methoxy groups -OCH3 is 1. The predicted molar refractivity (Wildman–Crippen MR) is 55.2 cm³/mol. The maximum Gasteiger partial charge on any atom is 0.339 e. The minimum absolute atomic E-state index is 0.0307. The van der Waals surface area contributed by atoms with Gasteiger partial charge in [-0.25, -0.2) is 13.6 Å². The number of carbonyl (C=O) groups is 1. The molecular weight excluding hydrogens is 284 g/mol. The van der Waals surface area contributed by atoms with Crippen LogP contribution in [0.2, 0.25) is 0 Å². The Morgan fingerprint density at radius 3 is 2.62 bits per heavy atom. The highest BCUT2D eigenvalue weighted by atomic mass is 79.9. The molecule has 0 heterocycles. The molecular formula is C10H6BrF2NO2. The van der Waals surface area contributed by atoms with Gasteiger partial charge in [-0.1, -0.05) is 0 Å². The maximum atomic E-state index is 12.6. The van der Waals surface area contributed by atoms with Gasteiger partial charge in [0.1, 0.15) is 0 Å². The van der Waals surface area contributed by atoms with Crippen LogP contribution in [-0.4, -0.2) is 13.1 Å². The third-order valence-electron chi connectivity index (χ3n) is 1.90. The molecule has 0 aromatic heterocycles. The van der Waals surface area contributed by atoms with Crippen LogP contribution in [0.15, 0.2) is 16.6 Å². The molecule has 3 nitrogen and oxygen atoms in total. The van der Waals surface area contributed by atoms with E-state index in [0.717, 1.165) is 13.2 Å². The second kappa shape index (κ2) is 5.03. The Hall–Kier alpha value is -1.48. The van der Waals surface area contributed by atoms with E-state index in [4.69, 9.17) is 5.26 Å². The largest absolute Gasteiger partial charge is 0.465 e. The molecule has 0 unspecified atom stereocenters. The zero-order valence-corrected chi connectivity index (χ0v) is 9.72. The van der Waals surface area contributed by atoms with Gasteiger partial charge in [0.15, 0.2) is 0 Å². The summed E-state index contributed by atoms with van der Waals surface area (Å²) in [6.07, 6.45) is -2.81. The number of ether oxygens (including phenoxy) is 1. The van der Waals surface area contributed by atoms with E-state index in [1.54, 1.807) is 6.07 Å². The first-order valence-corrected chi connectivity index (χ1v) is 4.90. The van der Waals surface area contributed by atoms with Gasteiger partial charge in [0.25, 0.3) is 6.43 Å². The Labute approximate surface area is 98.8 Å². The van der Waals surface area contributed by atoms with E-state index in [1.807, 2.05) is 0 Å². The van der Waals surface area contributed by atoms with Gasteiger partial charge in [-0.05, 0) is 28.1 Å². The normalized spacial score (nSPS) is 10.0. The molecule has 0 aliphatic carbocycles. The van der Waals surface area contributed by atoms with Crippen molar-refractivity contribution in [3.05, 3.63) is 33.3 Å². The van der Waals surface area contributed by atoms with Gasteiger partial charge >= 0.3 is 5.97 Å². The van der Waals surface area contributed by atoms with Crippen LogP contribution in [0.25, 0.3) is 0 Å². The first-order valence-electron chi connectivity index (χ1n) is 4.11. The lowest BCUT2D eigenvalue weighted by molar-refractivity contribution is 0.0599. The van der Waals surface area contributed by atoms with E-state index in [9.17, 15) is 13.6 Å². The molecule has 0 aliphatic heterocycles. The molecule has 0 saturated heterocycles. The van der Waals surface area contributed by atoms with Crippen LogP contribution >= 0.6 is 15.9 Å². The quantitative estimate of drug-likeness (QED) is 0.786. The van der Waals surface area contributed by atoms with Crippen molar-refractivity contribution in [1.82, 2.24) is 0 Å². The first-order chi connectivity index (χ1) is 7.51. The van der Waals surface area contributed by atoms with Crippen molar-refractivity contribution in [2.75, 3.05) is 7.11 Å². The number of alkyl halides is 2. The van der Waals surface area contributed by atoms with Gasteiger partial charge in [-0.15, -0.1) is 0 Å². The lowest BCUT2D eigenvalue weighted by Crippen LogP contribution is -2.05. The molecule has 6 heteroatoms. The summed E-state index contributed by atoms with van der Waals surface area (Å²) >= 11 is 3.02. The number of halogens is 3. The number of benzene rings is 1. The van der Waals surface area contributed by atoms with Crippen LogP contribution in [0.3, 0.4) is 0 Å². The molecule has 16 heavy (non-hydrogen) atoms. The monoisotopic (exact) mass is 289 g/mol. The van der Waals surface area contributed by atoms with Crippen LogP contribution in [0.1, 0.15) is 27.9 Å². The number of rotatable bonds is 2. The SMILES string of the molecule is COC(=O)c1cc(C(F)F)c(C#N)cc1Br. The molecule has 0 spiro atoms. The highest BCUT2D eigenvalue weighted by Crippen LogP contribution is 2.29. The smallest absolute Gasteiger partial charge is 0.339 e. The highest BCUT2D eigenvalue weighted by Gasteiger charge is 2.19. The summed E-state index contributed by atoms with van der Waals surface area (Å²) in [4.78, 5) is 11.2. The van der Waals surface area contributed by atoms with Gasteiger partial charge in [0.2, 0.25) is 0 Å². The highest BCUT2D eigenvalue weighted by molar-refractivity contribution is 9.10. The lowest BCUT2D eigenvalue weighted by atomic mass is 10.1. The van der Waals surface area contributed by atoms with E-state index in [-0.39, 0.29) is 15.6 Å². The summed E-state index contributed by atoms with van der Waals surface area (Å²) in [5.74, 6) is -0.738. The Kier molecular flexibility index (Phi) is 3.96. The minimum atomic E-state index is -2.81. The zero-order valence-electron chi connectivity index (χ0n) is 8.13. The van der Waals surface area contributed by atoms with Crippen molar-refractivity contribution >= 4 is 21.9 Å². The molecule has 0 atom stereocenters. The topological polar surface area (TPSA) is 50.1 Å². The van der Waals surface area contributed by atoms with Crippen LogP contribution in [-0.2, 0) is 4.74 Å². The minimum Gasteiger partial charge on any atom is -0.465 e. The van der Waals surface area contributed by atoms with Crippen molar-refractivity contribution in [3.63, 3.8) is 0 Å². The van der Waals surface area contributed by atoms with Crippen LogP contribution < -0.4 is 0 Å². The average Bonchev–Trinajstić information content (AvgIpc) is 2.27. The molecule has 1 aromatic carbocycles.